The number of amides is 1. The third kappa shape index (κ3) is 10.0. The first-order chi connectivity index (χ1) is 17.4. The van der Waals surface area contributed by atoms with Crippen molar-refractivity contribution in [1.82, 2.24) is 20.6 Å². The summed E-state index contributed by atoms with van der Waals surface area (Å²) in [6.45, 7) is 10.4. The molecule has 0 bridgehead atoms. The van der Waals surface area contributed by atoms with E-state index in [1.807, 2.05) is 46.8 Å². The van der Waals surface area contributed by atoms with Crippen molar-refractivity contribution in [3.05, 3.63) is 34.9 Å². The van der Waals surface area contributed by atoms with Crippen molar-refractivity contribution in [2.75, 3.05) is 38.2 Å². The molecule has 202 valence electrons. The minimum Gasteiger partial charge on any atom is -0.465 e. The number of hydrogen-bond donors (Lipinski definition) is 3. The molecule has 2 rings (SSSR count). The fourth-order valence-electron chi connectivity index (χ4n) is 3.59. The normalized spacial score (nSPS) is 11.2. The minimum absolute atomic E-state index is 0.0616. The number of methoxy groups -OCH3 is 1. The van der Waals surface area contributed by atoms with E-state index in [4.69, 9.17) is 15.2 Å². The number of hydrogen-bond acceptors (Lipinski definition) is 10. The number of carbonyl (C=O) groups is 3. The Labute approximate surface area is 222 Å². The van der Waals surface area contributed by atoms with Crippen LogP contribution >= 0.6 is 11.8 Å². The van der Waals surface area contributed by atoms with E-state index in [0.717, 1.165) is 16.7 Å². The number of nitrogens with zero attached hydrogens (tertiary/aromatic N) is 2. The second-order valence-electron chi connectivity index (χ2n) is 9.44. The van der Waals surface area contributed by atoms with Gasteiger partial charge in [-0.05, 0) is 70.8 Å². The third-order valence-electron chi connectivity index (χ3n) is 5.18. The molecule has 0 fully saturated rings. The Morgan fingerprint density at radius 2 is 1.84 bits per heavy atom. The highest BCUT2D eigenvalue weighted by molar-refractivity contribution is 7.99. The number of esters is 2. The first-order valence-corrected chi connectivity index (χ1v) is 13.1. The molecular formula is C26H37N5O5S. The summed E-state index contributed by atoms with van der Waals surface area (Å²) < 4.78 is 10.1. The topological polar surface area (TPSA) is 146 Å². The van der Waals surface area contributed by atoms with Crippen molar-refractivity contribution in [2.45, 2.75) is 58.1 Å². The van der Waals surface area contributed by atoms with Crippen molar-refractivity contribution < 1.29 is 23.9 Å². The van der Waals surface area contributed by atoms with Gasteiger partial charge in [-0.15, -0.1) is 11.8 Å². The van der Waals surface area contributed by atoms with E-state index in [1.165, 1.54) is 18.9 Å². The summed E-state index contributed by atoms with van der Waals surface area (Å²) in [6, 6.07) is 5.41. The summed E-state index contributed by atoms with van der Waals surface area (Å²) >= 11 is 1.45. The number of nitrogens with two attached hydrogens (primary N) is 1. The highest BCUT2D eigenvalue weighted by Crippen LogP contribution is 2.31. The Balaban J connectivity index is 1.83. The molecule has 37 heavy (non-hydrogen) atoms. The molecular weight excluding hydrogens is 494 g/mol. The van der Waals surface area contributed by atoms with E-state index in [0.29, 0.717) is 48.0 Å². The summed E-state index contributed by atoms with van der Waals surface area (Å²) in [6.07, 6.45) is 0.961. The maximum Gasteiger partial charge on any atom is 0.338 e. The lowest BCUT2D eigenvalue weighted by molar-refractivity contribution is -0.153. The molecule has 0 aliphatic carbocycles. The van der Waals surface area contributed by atoms with Crippen LogP contribution in [0.2, 0.25) is 0 Å². The number of anilines is 1. The molecule has 0 saturated heterocycles. The number of ether oxygens (including phenoxy) is 2. The fraction of sp³-hybridized carbons (Fsp3) is 0.500. The van der Waals surface area contributed by atoms with Gasteiger partial charge in [0.05, 0.1) is 24.9 Å². The lowest BCUT2D eigenvalue weighted by Crippen LogP contribution is -2.32. The average Bonchev–Trinajstić information content (AvgIpc) is 2.80. The number of aryl methyl sites for hydroxylation is 1. The van der Waals surface area contributed by atoms with Gasteiger partial charge in [0, 0.05) is 24.3 Å². The quantitative estimate of drug-likeness (QED) is 0.162. The lowest BCUT2D eigenvalue weighted by Gasteiger charge is -2.19. The number of nitrogens with one attached hydrogen (secondary N) is 2. The van der Waals surface area contributed by atoms with Crippen LogP contribution in [0, 0.1) is 13.8 Å². The summed E-state index contributed by atoms with van der Waals surface area (Å²) in [5.74, 6) is -0.0638. The largest absolute Gasteiger partial charge is 0.465 e. The van der Waals surface area contributed by atoms with E-state index in [-0.39, 0.29) is 24.4 Å². The molecule has 0 saturated carbocycles. The molecule has 0 aliphatic heterocycles. The van der Waals surface area contributed by atoms with E-state index in [9.17, 15) is 14.4 Å². The number of thioether (sulfide) groups is 1. The minimum atomic E-state index is -0.511. The Morgan fingerprint density at radius 1 is 1.11 bits per heavy atom. The zero-order valence-electron chi connectivity index (χ0n) is 22.4. The predicted molar refractivity (Wildman–Crippen MR) is 144 cm³/mol. The molecule has 1 amide bonds. The van der Waals surface area contributed by atoms with Crippen LogP contribution in [-0.2, 0) is 19.1 Å². The van der Waals surface area contributed by atoms with Gasteiger partial charge in [0.2, 0.25) is 11.9 Å². The zero-order valence-corrected chi connectivity index (χ0v) is 23.2. The second kappa shape index (κ2) is 13.9. The molecule has 0 unspecified atom stereocenters. The van der Waals surface area contributed by atoms with Crippen LogP contribution in [0.15, 0.2) is 23.2 Å². The molecule has 0 atom stereocenters. The van der Waals surface area contributed by atoms with Crippen molar-refractivity contribution in [2.24, 2.45) is 0 Å². The van der Waals surface area contributed by atoms with Gasteiger partial charge >= 0.3 is 11.9 Å². The summed E-state index contributed by atoms with van der Waals surface area (Å²) in [5, 5.41) is 6.54. The molecule has 10 nitrogen and oxygen atoms in total. The first kappa shape index (κ1) is 30.0. The van der Waals surface area contributed by atoms with Gasteiger partial charge in [-0.2, -0.15) is 0 Å². The molecule has 0 spiro atoms. The number of aromatic nitrogens is 2. The van der Waals surface area contributed by atoms with Gasteiger partial charge in [-0.25, -0.2) is 14.8 Å². The van der Waals surface area contributed by atoms with E-state index >= 15 is 0 Å². The van der Waals surface area contributed by atoms with Gasteiger partial charge in [0.1, 0.15) is 10.6 Å². The number of nitrogen functional groups attached to an aromatic ring is 1. The number of carbonyl (C=O) groups excluding carboxylic acids is 3. The Morgan fingerprint density at radius 3 is 2.51 bits per heavy atom. The zero-order chi connectivity index (χ0) is 27.6. The Bertz CT molecular complexity index is 1120. The molecule has 4 N–H and O–H groups in total. The summed E-state index contributed by atoms with van der Waals surface area (Å²) in [5.41, 5.74) is 9.07. The monoisotopic (exact) mass is 531 g/mol. The molecule has 11 heteroatoms. The predicted octanol–water partition coefficient (Wildman–Crippen LogP) is 3.05. The SMILES string of the molecule is COC(=O)c1ccc(C)c(-c2cc(SCCNC(=O)CCCNCC(=O)OC(C)(C)C)nc(N)n2)c1C. The van der Waals surface area contributed by atoms with Gasteiger partial charge in [0.15, 0.2) is 0 Å². The van der Waals surface area contributed by atoms with E-state index in [1.54, 1.807) is 6.07 Å². The lowest BCUT2D eigenvalue weighted by atomic mass is 9.95. The van der Waals surface area contributed by atoms with Crippen LogP contribution in [0.1, 0.15) is 55.1 Å². The molecule has 1 aromatic carbocycles. The van der Waals surface area contributed by atoms with Crippen LogP contribution < -0.4 is 16.4 Å². The van der Waals surface area contributed by atoms with Gasteiger partial charge in [-0.3, -0.25) is 9.59 Å². The number of rotatable bonds is 12. The fourth-order valence-corrected chi connectivity index (χ4v) is 4.36. The van der Waals surface area contributed by atoms with Crippen LogP contribution in [0.25, 0.3) is 11.3 Å². The van der Waals surface area contributed by atoms with Crippen LogP contribution in [0.3, 0.4) is 0 Å². The van der Waals surface area contributed by atoms with Gasteiger partial charge in [0.25, 0.3) is 0 Å². The van der Waals surface area contributed by atoms with Gasteiger partial charge in [-0.1, -0.05) is 6.07 Å². The molecule has 0 radical (unpaired) electrons. The molecule has 1 aromatic heterocycles. The van der Waals surface area contributed by atoms with Gasteiger partial charge < -0.3 is 25.8 Å². The summed E-state index contributed by atoms with van der Waals surface area (Å²) in [4.78, 5) is 44.6. The van der Waals surface area contributed by atoms with E-state index in [2.05, 4.69) is 20.6 Å². The smallest absolute Gasteiger partial charge is 0.338 e. The van der Waals surface area contributed by atoms with Crippen LogP contribution in [0.5, 0.6) is 0 Å². The highest BCUT2D eigenvalue weighted by atomic mass is 32.2. The highest BCUT2D eigenvalue weighted by Gasteiger charge is 2.18. The average molecular weight is 532 g/mol. The third-order valence-corrected chi connectivity index (χ3v) is 6.09. The Hall–Kier alpha value is -3.18. The molecule has 2 aromatic rings. The number of benzene rings is 1. The molecule has 0 aliphatic rings. The first-order valence-electron chi connectivity index (χ1n) is 12.1. The van der Waals surface area contributed by atoms with Crippen LogP contribution in [0.4, 0.5) is 5.95 Å². The van der Waals surface area contributed by atoms with E-state index < -0.39 is 11.6 Å². The Kier molecular flexibility index (Phi) is 11.3. The summed E-state index contributed by atoms with van der Waals surface area (Å²) in [7, 11) is 1.35. The second-order valence-corrected chi connectivity index (χ2v) is 10.6. The maximum absolute atomic E-state index is 12.1. The maximum atomic E-state index is 12.1. The van der Waals surface area contributed by atoms with Crippen molar-refractivity contribution in [1.29, 1.82) is 0 Å². The van der Waals surface area contributed by atoms with Crippen molar-refractivity contribution in [3.63, 3.8) is 0 Å². The van der Waals surface area contributed by atoms with Crippen LogP contribution in [-0.4, -0.2) is 65.9 Å². The van der Waals surface area contributed by atoms with Crippen molar-refractivity contribution >= 4 is 35.6 Å². The molecule has 1 heterocycles. The standard InChI is InChI=1S/C26H37N5O5S/c1-16-9-10-18(24(34)35-6)17(2)23(16)19-14-21(31-25(27)30-19)37-13-12-29-20(32)8-7-11-28-15-22(33)36-26(3,4)5/h9-10,14,28H,7-8,11-13,15H2,1-6H3,(H,29,32)(H2,27,30,31). The van der Waals surface area contributed by atoms with Crippen molar-refractivity contribution in [3.8, 4) is 11.3 Å².